The van der Waals surface area contributed by atoms with Gasteiger partial charge >= 0.3 is 6.18 Å². The molecule has 0 aromatic heterocycles. The van der Waals surface area contributed by atoms with E-state index in [9.17, 15) is 22.8 Å². The Hall–Kier alpha value is -1.27. The van der Waals surface area contributed by atoms with Crippen LogP contribution in [0.3, 0.4) is 0 Å². The van der Waals surface area contributed by atoms with Crippen LogP contribution in [0.4, 0.5) is 13.2 Å². The monoisotopic (exact) mass is 266 g/mol. The quantitative estimate of drug-likeness (QED) is 0.731. The Labute approximate surface area is 103 Å². The molecule has 0 heterocycles. The van der Waals surface area contributed by atoms with E-state index < -0.39 is 42.7 Å². The van der Waals surface area contributed by atoms with E-state index in [2.05, 4.69) is 0 Å². The highest BCUT2D eigenvalue weighted by Gasteiger charge is 2.45. The van der Waals surface area contributed by atoms with Gasteiger partial charge in [-0.3, -0.25) is 9.59 Å². The highest BCUT2D eigenvalue weighted by atomic mass is 19.4. The number of hydrogen-bond donors (Lipinski definition) is 2. The zero-order chi connectivity index (χ0) is 14.0. The average molecular weight is 266 g/mol. The average Bonchev–Trinajstić information content (AvgIpc) is 2.95. The Morgan fingerprint density at radius 3 is 2.00 bits per heavy atom. The van der Waals surface area contributed by atoms with Crippen LogP contribution in [0.5, 0.6) is 0 Å². The van der Waals surface area contributed by atoms with E-state index >= 15 is 0 Å². The maximum atomic E-state index is 12.3. The van der Waals surface area contributed by atoms with Crippen LogP contribution in [-0.2, 0) is 9.59 Å². The molecule has 4 N–H and O–H groups in total. The lowest BCUT2D eigenvalue weighted by molar-refractivity contribution is -0.149. The SMILES string of the molecule is NC(=O)CC(CCC(F)(F)F)(CC1CC1)C(N)=O. The second kappa shape index (κ2) is 5.16. The number of carbonyl (C=O) groups excluding carboxylic acids is 2. The molecule has 104 valence electrons. The van der Waals surface area contributed by atoms with Crippen molar-refractivity contribution < 1.29 is 22.8 Å². The van der Waals surface area contributed by atoms with E-state index in [1.54, 1.807) is 0 Å². The van der Waals surface area contributed by atoms with Gasteiger partial charge in [0.15, 0.2) is 0 Å². The van der Waals surface area contributed by atoms with Gasteiger partial charge in [-0.2, -0.15) is 13.2 Å². The van der Waals surface area contributed by atoms with Crippen LogP contribution < -0.4 is 11.5 Å². The third-order valence-corrected chi connectivity index (χ3v) is 3.30. The Morgan fingerprint density at radius 1 is 1.11 bits per heavy atom. The number of primary amides is 2. The smallest absolute Gasteiger partial charge is 0.370 e. The fraction of sp³-hybridized carbons (Fsp3) is 0.818. The molecule has 1 saturated carbocycles. The van der Waals surface area contributed by atoms with Gasteiger partial charge in [0.25, 0.3) is 0 Å². The molecule has 0 aromatic carbocycles. The van der Waals surface area contributed by atoms with Crippen LogP contribution in [0.25, 0.3) is 0 Å². The van der Waals surface area contributed by atoms with Crippen LogP contribution in [0, 0.1) is 11.3 Å². The number of alkyl halides is 3. The zero-order valence-corrected chi connectivity index (χ0v) is 9.93. The molecule has 0 spiro atoms. The first kappa shape index (κ1) is 14.8. The van der Waals surface area contributed by atoms with Crippen molar-refractivity contribution in [3.05, 3.63) is 0 Å². The zero-order valence-electron chi connectivity index (χ0n) is 9.93. The molecule has 0 aromatic rings. The maximum Gasteiger partial charge on any atom is 0.389 e. The number of nitrogens with two attached hydrogens (primary N) is 2. The predicted octanol–water partition coefficient (Wildman–Crippen LogP) is 1.48. The van der Waals surface area contributed by atoms with Crippen LogP contribution in [-0.4, -0.2) is 18.0 Å². The summed E-state index contributed by atoms with van der Waals surface area (Å²) in [4.78, 5) is 22.5. The van der Waals surface area contributed by atoms with Gasteiger partial charge in [-0.1, -0.05) is 12.8 Å². The third-order valence-electron chi connectivity index (χ3n) is 3.30. The van der Waals surface area contributed by atoms with Gasteiger partial charge in [0.1, 0.15) is 0 Å². The summed E-state index contributed by atoms with van der Waals surface area (Å²) in [6, 6.07) is 0. The molecule has 0 radical (unpaired) electrons. The van der Waals surface area contributed by atoms with Crippen molar-refractivity contribution in [2.75, 3.05) is 0 Å². The summed E-state index contributed by atoms with van der Waals surface area (Å²) >= 11 is 0. The summed E-state index contributed by atoms with van der Waals surface area (Å²) in [6.07, 6.45) is -4.43. The molecular formula is C11H17F3N2O2. The number of hydrogen-bond acceptors (Lipinski definition) is 2. The van der Waals surface area contributed by atoms with E-state index in [-0.39, 0.29) is 12.3 Å². The molecule has 18 heavy (non-hydrogen) atoms. The number of amides is 2. The molecule has 0 bridgehead atoms. The standard InChI is InChI=1S/C11H17F3N2O2/c12-11(13,14)4-3-10(9(16)18,6-8(15)17)5-7-1-2-7/h7H,1-6H2,(H2,15,17)(H2,16,18). The fourth-order valence-electron chi connectivity index (χ4n) is 2.16. The summed E-state index contributed by atoms with van der Waals surface area (Å²) in [5.41, 5.74) is 8.79. The largest absolute Gasteiger partial charge is 0.389 e. The van der Waals surface area contributed by atoms with E-state index in [0.717, 1.165) is 12.8 Å². The maximum absolute atomic E-state index is 12.3. The summed E-state index contributed by atoms with van der Waals surface area (Å²) in [6.45, 7) is 0. The predicted molar refractivity (Wildman–Crippen MR) is 58.1 cm³/mol. The first-order valence-corrected chi connectivity index (χ1v) is 5.80. The summed E-state index contributed by atoms with van der Waals surface area (Å²) in [5, 5.41) is 0. The Kier molecular flexibility index (Phi) is 4.24. The minimum absolute atomic E-state index is 0.185. The summed E-state index contributed by atoms with van der Waals surface area (Å²) in [7, 11) is 0. The number of halogens is 3. The van der Waals surface area contributed by atoms with Crippen molar-refractivity contribution in [3.8, 4) is 0 Å². The molecule has 0 aliphatic heterocycles. The van der Waals surface area contributed by atoms with Gasteiger partial charge in [0.2, 0.25) is 11.8 Å². The molecule has 7 heteroatoms. The van der Waals surface area contributed by atoms with Gasteiger partial charge in [0, 0.05) is 12.8 Å². The van der Waals surface area contributed by atoms with E-state index in [1.165, 1.54) is 0 Å². The molecule has 1 aliphatic carbocycles. The molecule has 2 amide bonds. The molecular weight excluding hydrogens is 249 g/mol. The highest BCUT2D eigenvalue weighted by molar-refractivity contribution is 5.87. The van der Waals surface area contributed by atoms with Crippen molar-refractivity contribution in [1.29, 1.82) is 0 Å². The van der Waals surface area contributed by atoms with Crippen molar-refractivity contribution in [3.63, 3.8) is 0 Å². The normalized spacial score (nSPS) is 19.3. The summed E-state index contributed by atoms with van der Waals surface area (Å²) in [5.74, 6) is -1.47. The second-order valence-electron chi connectivity index (χ2n) is 5.05. The molecule has 0 saturated heterocycles. The molecule has 1 aliphatic rings. The third kappa shape index (κ3) is 4.54. The van der Waals surface area contributed by atoms with Crippen LogP contribution in [0.2, 0.25) is 0 Å². The summed E-state index contributed by atoms with van der Waals surface area (Å²) < 4.78 is 36.8. The van der Waals surface area contributed by atoms with Crippen molar-refractivity contribution in [2.45, 2.75) is 44.7 Å². The van der Waals surface area contributed by atoms with Gasteiger partial charge < -0.3 is 11.5 Å². The Bertz CT molecular complexity index is 340. The Balaban J connectivity index is 2.80. The number of carbonyl (C=O) groups is 2. The van der Waals surface area contributed by atoms with Crippen molar-refractivity contribution in [1.82, 2.24) is 0 Å². The molecule has 1 unspecified atom stereocenters. The van der Waals surface area contributed by atoms with Crippen LogP contribution >= 0.6 is 0 Å². The molecule has 1 fully saturated rings. The van der Waals surface area contributed by atoms with E-state index in [1.807, 2.05) is 0 Å². The highest BCUT2D eigenvalue weighted by Crippen LogP contribution is 2.45. The van der Waals surface area contributed by atoms with Gasteiger partial charge in [-0.05, 0) is 18.8 Å². The molecule has 1 rings (SSSR count). The van der Waals surface area contributed by atoms with E-state index in [4.69, 9.17) is 11.5 Å². The topological polar surface area (TPSA) is 86.2 Å². The minimum atomic E-state index is -4.37. The lowest BCUT2D eigenvalue weighted by Gasteiger charge is -2.30. The van der Waals surface area contributed by atoms with Crippen molar-refractivity contribution in [2.24, 2.45) is 22.8 Å². The minimum Gasteiger partial charge on any atom is -0.370 e. The first-order valence-electron chi connectivity index (χ1n) is 5.80. The van der Waals surface area contributed by atoms with Gasteiger partial charge in [-0.15, -0.1) is 0 Å². The second-order valence-corrected chi connectivity index (χ2v) is 5.05. The van der Waals surface area contributed by atoms with Gasteiger partial charge in [-0.25, -0.2) is 0 Å². The van der Waals surface area contributed by atoms with Gasteiger partial charge in [0.05, 0.1) is 5.41 Å². The Morgan fingerprint density at radius 2 is 1.67 bits per heavy atom. The van der Waals surface area contributed by atoms with E-state index in [0.29, 0.717) is 0 Å². The lowest BCUT2D eigenvalue weighted by atomic mass is 9.74. The first-order chi connectivity index (χ1) is 8.15. The van der Waals surface area contributed by atoms with Crippen LogP contribution in [0.15, 0.2) is 0 Å². The van der Waals surface area contributed by atoms with Crippen molar-refractivity contribution >= 4 is 11.8 Å². The number of rotatable bonds is 7. The molecule has 1 atom stereocenters. The lowest BCUT2D eigenvalue weighted by Crippen LogP contribution is -2.41. The van der Waals surface area contributed by atoms with Crippen LogP contribution in [0.1, 0.15) is 38.5 Å². The molecule has 4 nitrogen and oxygen atoms in total. The fourth-order valence-corrected chi connectivity index (χ4v) is 2.16.